The number of hydrogen-bond donors (Lipinski definition) is 1. The molecule has 1 fully saturated rings. The predicted octanol–water partition coefficient (Wildman–Crippen LogP) is 4.98. The van der Waals surface area contributed by atoms with Crippen molar-refractivity contribution in [2.75, 3.05) is 31.3 Å². The molecule has 2 aliphatic rings. The van der Waals surface area contributed by atoms with E-state index in [0.29, 0.717) is 19.7 Å². The van der Waals surface area contributed by atoms with Crippen molar-refractivity contribution < 1.29 is 9.53 Å². The molecule has 2 aromatic carbocycles. The van der Waals surface area contributed by atoms with Crippen LogP contribution in [0.4, 0.5) is 10.5 Å². The van der Waals surface area contributed by atoms with Crippen molar-refractivity contribution in [3.63, 3.8) is 0 Å². The molecule has 0 aromatic heterocycles. The highest BCUT2D eigenvalue weighted by Gasteiger charge is 2.40. The summed E-state index contributed by atoms with van der Waals surface area (Å²) in [6.07, 6.45) is 3.49. The van der Waals surface area contributed by atoms with E-state index in [1.807, 2.05) is 42.3 Å². The second-order valence-electron chi connectivity index (χ2n) is 7.80. The average Bonchev–Trinajstić information content (AvgIpc) is 3.14. The summed E-state index contributed by atoms with van der Waals surface area (Å²) in [6.45, 7) is 5.90. The number of carbonyl (C=O) groups excluding carboxylic acids is 1. The number of urea groups is 1. The minimum absolute atomic E-state index is 0.0891. The normalized spacial score (nSPS) is 17.3. The quantitative estimate of drug-likeness (QED) is 0.735. The number of benzene rings is 2. The number of anilines is 1. The third-order valence-electron chi connectivity index (χ3n) is 5.62. The number of amides is 2. The van der Waals surface area contributed by atoms with Gasteiger partial charge in [0.1, 0.15) is 10.8 Å². The molecule has 162 valence electrons. The second kappa shape index (κ2) is 9.14. The van der Waals surface area contributed by atoms with E-state index >= 15 is 0 Å². The van der Waals surface area contributed by atoms with Gasteiger partial charge in [-0.05, 0) is 44.4 Å². The van der Waals surface area contributed by atoms with Crippen molar-refractivity contribution in [1.29, 1.82) is 0 Å². The Hall–Kier alpha value is -2.80. The van der Waals surface area contributed by atoms with E-state index in [1.54, 1.807) is 11.8 Å². The van der Waals surface area contributed by atoms with Crippen LogP contribution in [-0.2, 0) is 0 Å². The van der Waals surface area contributed by atoms with Gasteiger partial charge in [0.2, 0.25) is 0 Å². The molecule has 6 nitrogen and oxygen atoms in total. The van der Waals surface area contributed by atoms with E-state index in [9.17, 15) is 4.79 Å². The van der Waals surface area contributed by atoms with E-state index in [-0.39, 0.29) is 6.03 Å². The lowest BCUT2D eigenvalue weighted by molar-refractivity contribution is 0.175. The zero-order chi connectivity index (χ0) is 21.8. The molecule has 0 bridgehead atoms. The van der Waals surface area contributed by atoms with Crippen LogP contribution in [-0.4, -0.2) is 53.3 Å². The van der Waals surface area contributed by atoms with Crippen LogP contribution in [0.2, 0.25) is 0 Å². The van der Waals surface area contributed by atoms with E-state index < -0.39 is 5.66 Å². The van der Waals surface area contributed by atoms with Crippen LogP contribution in [0.1, 0.15) is 30.9 Å². The third-order valence-corrected chi connectivity index (χ3v) is 6.29. The molecule has 2 aliphatic heterocycles. The Morgan fingerprint density at radius 2 is 1.77 bits per heavy atom. The molecule has 2 aromatic rings. The fourth-order valence-corrected chi connectivity index (χ4v) is 4.48. The molecule has 4 rings (SSSR count). The number of likely N-dealkylation sites (tertiary alicyclic amines) is 1. The summed E-state index contributed by atoms with van der Waals surface area (Å²) in [6, 6.07) is 15.8. The summed E-state index contributed by atoms with van der Waals surface area (Å²) < 4.78 is 5.45. The second-order valence-corrected chi connectivity index (χ2v) is 8.60. The molecule has 1 saturated heterocycles. The SMILES string of the molecule is CCOc1ccc(NC(=O)N2CCC3(CC2)N=C(SC)C(c2ccc(C)cc2)=N3)cc1. The van der Waals surface area contributed by atoms with E-state index in [2.05, 4.69) is 36.5 Å². The van der Waals surface area contributed by atoms with Gasteiger partial charge in [-0.25, -0.2) is 9.79 Å². The first kappa shape index (κ1) is 21.4. The number of hydrogen-bond acceptors (Lipinski definition) is 5. The lowest BCUT2D eigenvalue weighted by atomic mass is 9.98. The first-order chi connectivity index (χ1) is 15.0. The lowest BCUT2D eigenvalue weighted by Crippen LogP contribution is -2.46. The molecule has 1 spiro atoms. The van der Waals surface area contributed by atoms with Gasteiger partial charge >= 0.3 is 6.03 Å². The highest BCUT2D eigenvalue weighted by Crippen LogP contribution is 2.35. The topological polar surface area (TPSA) is 66.3 Å². The number of nitrogens with zero attached hydrogens (tertiary/aromatic N) is 3. The maximum absolute atomic E-state index is 12.7. The summed E-state index contributed by atoms with van der Waals surface area (Å²) in [7, 11) is 0. The predicted molar refractivity (Wildman–Crippen MR) is 129 cm³/mol. The molecule has 31 heavy (non-hydrogen) atoms. The standard InChI is InChI=1S/C24H28N4O2S/c1-4-30-20-11-9-19(10-12-20)25-23(29)28-15-13-24(14-16-28)26-21(22(27-24)31-3)18-7-5-17(2)6-8-18/h5-12H,4,13-16H2,1-3H3,(H,25,29). The zero-order valence-corrected chi connectivity index (χ0v) is 19.0. The highest BCUT2D eigenvalue weighted by atomic mass is 32.2. The maximum Gasteiger partial charge on any atom is 0.321 e. The van der Waals surface area contributed by atoms with Gasteiger partial charge in [-0.3, -0.25) is 4.99 Å². The molecule has 2 heterocycles. The molecule has 1 N–H and O–H groups in total. The molecule has 0 unspecified atom stereocenters. The van der Waals surface area contributed by atoms with Crippen molar-refractivity contribution >= 4 is 34.2 Å². The summed E-state index contributed by atoms with van der Waals surface area (Å²) >= 11 is 1.64. The molecular weight excluding hydrogens is 408 g/mol. The van der Waals surface area contributed by atoms with Gasteiger partial charge in [-0.15, -0.1) is 11.8 Å². The van der Waals surface area contributed by atoms with Crippen molar-refractivity contribution in [2.24, 2.45) is 9.98 Å². The van der Waals surface area contributed by atoms with Crippen LogP contribution in [0.5, 0.6) is 5.75 Å². The van der Waals surface area contributed by atoms with Crippen molar-refractivity contribution in [1.82, 2.24) is 4.90 Å². The van der Waals surface area contributed by atoms with E-state index in [1.165, 1.54) is 5.56 Å². The van der Waals surface area contributed by atoms with Crippen molar-refractivity contribution in [3.05, 3.63) is 59.7 Å². The molecule has 0 aliphatic carbocycles. The van der Waals surface area contributed by atoms with Gasteiger partial charge in [0.05, 0.1) is 12.3 Å². The number of ether oxygens (including phenoxy) is 1. The fourth-order valence-electron chi connectivity index (χ4n) is 3.86. The number of aryl methyl sites for hydroxylation is 1. The van der Waals surface area contributed by atoms with E-state index in [4.69, 9.17) is 14.7 Å². The first-order valence-electron chi connectivity index (χ1n) is 10.6. The smallest absolute Gasteiger partial charge is 0.321 e. The molecular formula is C24H28N4O2S. The van der Waals surface area contributed by atoms with Gasteiger partial charge in [0.25, 0.3) is 0 Å². The van der Waals surface area contributed by atoms with Crippen LogP contribution >= 0.6 is 11.8 Å². The largest absolute Gasteiger partial charge is 0.494 e. The summed E-state index contributed by atoms with van der Waals surface area (Å²) in [5, 5.41) is 3.96. The van der Waals surface area contributed by atoms with Crippen molar-refractivity contribution in [3.8, 4) is 5.75 Å². The van der Waals surface area contributed by atoms with Crippen LogP contribution in [0.3, 0.4) is 0 Å². The third kappa shape index (κ3) is 4.77. The molecule has 7 heteroatoms. The van der Waals surface area contributed by atoms with Crippen LogP contribution in [0.15, 0.2) is 58.5 Å². The number of carbonyl (C=O) groups is 1. The number of piperidine rings is 1. The maximum atomic E-state index is 12.7. The van der Waals surface area contributed by atoms with Crippen molar-refractivity contribution in [2.45, 2.75) is 32.4 Å². The summed E-state index contributed by atoms with van der Waals surface area (Å²) in [4.78, 5) is 24.6. The Morgan fingerprint density at radius 3 is 2.39 bits per heavy atom. The van der Waals surface area contributed by atoms with Crippen LogP contribution in [0, 0.1) is 6.92 Å². The molecule has 0 atom stereocenters. The Labute approximate surface area is 187 Å². The summed E-state index contributed by atoms with van der Waals surface area (Å²) in [5.74, 6) is 0.798. The van der Waals surface area contributed by atoms with Gasteiger partial charge in [-0.1, -0.05) is 29.8 Å². The number of thioether (sulfide) groups is 1. The van der Waals surface area contributed by atoms with Gasteiger partial charge in [0.15, 0.2) is 5.66 Å². The average molecular weight is 437 g/mol. The summed E-state index contributed by atoms with van der Waals surface area (Å²) in [5.41, 5.74) is 3.61. The molecule has 2 amide bonds. The number of rotatable bonds is 4. The van der Waals surface area contributed by atoms with Gasteiger partial charge in [-0.2, -0.15) is 0 Å². The fraction of sp³-hybridized carbons (Fsp3) is 0.375. The van der Waals surface area contributed by atoms with Crippen LogP contribution in [0.25, 0.3) is 0 Å². The van der Waals surface area contributed by atoms with E-state index in [0.717, 1.165) is 40.6 Å². The minimum Gasteiger partial charge on any atom is -0.494 e. The van der Waals surface area contributed by atoms with Gasteiger partial charge < -0.3 is 15.0 Å². The Kier molecular flexibility index (Phi) is 6.32. The first-order valence-corrected chi connectivity index (χ1v) is 11.8. The zero-order valence-electron chi connectivity index (χ0n) is 18.2. The monoisotopic (exact) mass is 436 g/mol. The number of aliphatic imine (C=N–C) groups is 2. The highest BCUT2D eigenvalue weighted by molar-refractivity contribution is 8.15. The molecule has 0 saturated carbocycles. The number of nitrogens with one attached hydrogen (secondary N) is 1. The minimum atomic E-state index is -0.450. The Morgan fingerprint density at radius 1 is 1.10 bits per heavy atom. The Bertz CT molecular complexity index is 991. The lowest BCUT2D eigenvalue weighted by Gasteiger charge is -2.35. The Balaban J connectivity index is 1.41. The van der Waals surface area contributed by atoms with Gasteiger partial charge in [0, 0.05) is 37.2 Å². The molecule has 0 radical (unpaired) electrons. The van der Waals surface area contributed by atoms with Crippen LogP contribution < -0.4 is 10.1 Å².